The highest BCUT2D eigenvalue weighted by molar-refractivity contribution is 6.36. The van der Waals surface area contributed by atoms with Crippen molar-refractivity contribution in [1.29, 1.82) is 0 Å². The number of rotatable bonds is 1. The van der Waals surface area contributed by atoms with Crippen molar-refractivity contribution in [1.82, 2.24) is 0 Å². The summed E-state index contributed by atoms with van der Waals surface area (Å²) in [5.41, 5.74) is 0.271. The number of halogens is 2. The molecule has 0 saturated heterocycles. The number of hydrogen-bond donors (Lipinski definition) is 0. The summed E-state index contributed by atoms with van der Waals surface area (Å²) < 4.78 is 5.31. The summed E-state index contributed by atoms with van der Waals surface area (Å²) in [5, 5.41) is 2.36. The molecule has 0 amide bonds. The molecule has 94 valence electrons. The Hall–Kier alpha value is -1.77. The molecule has 0 aliphatic carbocycles. The molecule has 0 saturated carbocycles. The van der Waals surface area contributed by atoms with Crippen molar-refractivity contribution in [3.63, 3.8) is 0 Å². The molecule has 0 fully saturated rings. The van der Waals surface area contributed by atoms with Gasteiger partial charge in [-0.2, -0.15) is 0 Å². The van der Waals surface area contributed by atoms with E-state index in [1.807, 2.05) is 12.1 Å². The van der Waals surface area contributed by atoms with Gasteiger partial charge in [0, 0.05) is 10.6 Å². The number of fused-ring (bicyclic) bond motifs is 1. The van der Waals surface area contributed by atoms with E-state index in [0.717, 1.165) is 5.39 Å². The molecule has 0 spiro atoms. The first-order valence-corrected chi connectivity index (χ1v) is 6.39. The van der Waals surface area contributed by atoms with Crippen LogP contribution in [-0.2, 0) is 0 Å². The summed E-state index contributed by atoms with van der Waals surface area (Å²) in [6.07, 6.45) is 0. The highest BCUT2D eigenvalue weighted by Crippen LogP contribution is 2.30. The maximum atomic E-state index is 11.9. The molecule has 0 atom stereocenters. The van der Waals surface area contributed by atoms with Gasteiger partial charge in [-0.3, -0.25) is 0 Å². The van der Waals surface area contributed by atoms with Gasteiger partial charge in [-0.1, -0.05) is 41.4 Å². The topological polar surface area (TPSA) is 30.2 Å². The van der Waals surface area contributed by atoms with E-state index < -0.39 is 0 Å². The summed E-state index contributed by atoms with van der Waals surface area (Å²) >= 11 is 12.0. The standard InChI is InChI=1S/C15H8Cl2O2/c16-10-5-6-12(13(17)8-10)14-7-9-3-1-2-4-11(9)15(18)19-14/h1-8H. The van der Waals surface area contributed by atoms with Gasteiger partial charge < -0.3 is 4.42 Å². The maximum Gasteiger partial charge on any atom is 0.344 e. The third kappa shape index (κ3) is 2.25. The van der Waals surface area contributed by atoms with Gasteiger partial charge in [-0.25, -0.2) is 4.79 Å². The van der Waals surface area contributed by atoms with Crippen molar-refractivity contribution in [3.8, 4) is 11.3 Å². The molecule has 0 bridgehead atoms. The zero-order chi connectivity index (χ0) is 13.4. The van der Waals surface area contributed by atoms with E-state index in [4.69, 9.17) is 27.6 Å². The Morgan fingerprint density at radius 1 is 0.947 bits per heavy atom. The SMILES string of the molecule is O=c1oc(-c2ccc(Cl)cc2Cl)cc2ccccc12. The lowest BCUT2D eigenvalue weighted by Gasteiger charge is -2.05. The Labute approximate surface area is 119 Å². The molecule has 2 nitrogen and oxygen atoms in total. The second-order valence-corrected chi connectivity index (χ2v) is 4.95. The van der Waals surface area contributed by atoms with E-state index in [-0.39, 0.29) is 5.63 Å². The molecule has 3 aromatic rings. The summed E-state index contributed by atoms with van der Waals surface area (Å²) in [7, 11) is 0. The fraction of sp³-hybridized carbons (Fsp3) is 0. The average molecular weight is 291 g/mol. The van der Waals surface area contributed by atoms with Crippen LogP contribution in [0.3, 0.4) is 0 Å². The van der Waals surface area contributed by atoms with Crippen molar-refractivity contribution in [2.75, 3.05) is 0 Å². The minimum absolute atomic E-state index is 0.376. The normalized spacial score (nSPS) is 10.8. The van der Waals surface area contributed by atoms with Gasteiger partial charge in [0.1, 0.15) is 5.76 Å². The minimum atomic E-state index is -0.376. The molecule has 1 heterocycles. The minimum Gasteiger partial charge on any atom is -0.422 e. The fourth-order valence-electron chi connectivity index (χ4n) is 1.96. The predicted octanol–water partition coefficient (Wildman–Crippen LogP) is 4.77. The molecule has 3 rings (SSSR count). The number of hydrogen-bond acceptors (Lipinski definition) is 2. The van der Waals surface area contributed by atoms with Crippen LogP contribution in [0.25, 0.3) is 22.1 Å². The Bertz CT molecular complexity index is 822. The molecule has 0 aliphatic heterocycles. The highest BCUT2D eigenvalue weighted by Gasteiger charge is 2.09. The molecule has 2 aromatic carbocycles. The quantitative estimate of drug-likeness (QED) is 0.646. The van der Waals surface area contributed by atoms with Gasteiger partial charge in [0.05, 0.1) is 10.4 Å². The van der Waals surface area contributed by atoms with Crippen molar-refractivity contribution >= 4 is 34.0 Å². The molecule has 0 aliphatic rings. The van der Waals surface area contributed by atoms with E-state index in [2.05, 4.69) is 0 Å². The van der Waals surface area contributed by atoms with Gasteiger partial charge in [-0.05, 0) is 35.7 Å². The number of benzene rings is 2. The Morgan fingerprint density at radius 2 is 1.74 bits per heavy atom. The summed E-state index contributed by atoms with van der Waals surface area (Å²) in [5.74, 6) is 0.436. The van der Waals surface area contributed by atoms with Crippen LogP contribution in [0.5, 0.6) is 0 Å². The van der Waals surface area contributed by atoms with Gasteiger partial charge in [0.2, 0.25) is 0 Å². The third-order valence-electron chi connectivity index (χ3n) is 2.87. The second kappa shape index (κ2) is 4.72. The first-order chi connectivity index (χ1) is 9.15. The first kappa shape index (κ1) is 12.3. The molecule has 0 N–H and O–H groups in total. The van der Waals surface area contributed by atoms with Crippen LogP contribution in [0, 0.1) is 0 Å². The molecule has 0 unspecified atom stereocenters. The third-order valence-corrected chi connectivity index (χ3v) is 3.41. The van der Waals surface area contributed by atoms with Crippen LogP contribution in [0.1, 0.15) is 0 Å². The van der Waals surface area contributed by atoms with Crippen molar-refractivity contribution < 1.29 is 4.42 Å². The lowest BCUT2D eigenvalue weighted by Crippen LogP contribution is -2.00. The largest absolute Gasteiger partial charge is 0.422 e. The smallest absolute Gasteiger partial charge is 0.344 e. The van der Waals surface area contributed by atoms with E-state index >= 15 is 0 Å². The van der Waals surface area contributed by atoms with Gasteiger partial charge in [0.15, 0.2) is 0 Å². The second-order valence-electron chi connectivity index (χ2n) is 4.11. The lowest BCUT2D eigenvalue weighted by atomic mass is 10.1. The van der Waals surface area contributed by atoms with Crippen LogP contribution in [0.15, 0.2) is 57.7 Å². The highest BCUT2D eigenvalue weighted by atomic mass is 35.5. The van der Waals surface area contributed by atoms with Crippen LogP contribution in [-0.4, -0.2) is 0 Å². The average Bonchev–Trinajstić information content (AvgIpc) is 2.38. The Kier molecular flexibility index (Phi) is 3.05. The molecule has 19 heavy (non-hydrogen) atoms. The molecule has 1 aromatic heterocycles. The van der Waals surface area contributed by atoms with Crippen LogP contribution >= 0.6 is 23.2 Å². The van der Waals surface area contributed by atoms with Crippen molar-refractivity contribution in [3.05, 3.63) is 69.0 Å². The van der Waals surface area contributed by atoms with Gasteiger partial charge in [-0.15, -0.1) is 0 Å². The van der Waals surface area contributed by atoms with Gasteiger partial charge in [0.25, 0.3) is 0 Å². The van der Waals surface area contributed by atoms with Crippen LogP contribution in [0.2, 0.25) is 10.0 Å². The fourth-order valence-corrected chi connectivity index (χ4v) is 2.46. The zero-order valence-electron chi connectivity index (χ0n) is 9.69. The summed E-state index contributed by atoms with van der Waals surface area (Å²) in [6, 6.07) is 14.1. The van der Waals surface area contributed by atoms with Crippen LogP contribution in [0.4, 0.5) is 0 Å². The summed E-state index contributed by atoms with van der Waals surface area (Å²) in [4.78, 5) is 11.9. The van der Waals surface area contributed by atoms with Crippen LogP contribution < -0.4 is 5.63 Å². The first-order valence-electron chi connectivity index (χ1n) is 5.63. The van der Waals surface area contributed by atoms with Crippen molar-refractivity contribution in [2.24, 2.45) is 0 Å². The van der Waals surface area contributed by atoms with Gasteiger partial charge >= 0.3 is 5.63 Å². The molecular weight excluding hydrogens is 283 g/mol. The molecule has 4 heteroatoms. The van der Waals surface area contributed by atoms with E-state index in [1.54, 1.807) is 36.4 Å². The maximum absolute atomic E-state index is 11.9. The molecular formula is C15H8Cl2O2. The van der Waals surface area contributed by atoms with E-state index in [1.165, 1.54) is 0 Å². The predicted molar refractivity (Wildman–Crippen MR) is 77.9 cm³/mol. The lowest BCUT2D eigenvalue weighted by molar-refractivity contribution is 0.535. The van der Waals surface area contributed by atoms with E-state index in [9.17, 15) is 4.79 Å². The Balaban J connectivity index is 2.28. The summed E-state index contributed by atoms with van der Waals surface area (Å²) in [6.45, 7) is 0. The Morgan fingerprint density at radius 3 is 2.53 bits per heavy atom. The zero-order valence-corrected chi connectivity index (χ0v) is 11.2. The van der Waals surface area contributed by atoms with E-state index in [0.29, 0.717) is 26.8 Å². The monoisotopic (exact) mass is 290 g/mol. The molecule has 0 radical (unpaired) electrons. The van der Waals surface area contributed by atoms with Crippen molar-refractivity contribution in [2.45, 2.75) is 0 Å².